The molecule has 80 valence electrons. The largest absolute Gasteiger partial charge is 1.00 e. The predicted molar refractivity (Wildman–Crippen MR) is 59.3 cm³/mol. The van der Waals surface area contributed by atoms with Crippen LogP contribution in [0.4, 0.5) is 5.69 Å². The number of nitrogens with two attached hydrogens (primary N) is 1. The monoisotopic (exact) mass is 247 g/mol. The molecule has 3 N–H and O–H groups in total. The number of nitrogen functional groups attached to an aromatic ring is 1. The molecule has 0 heterocycles. The summed E-state index contributed by atoms with van der Waals surface area (Å²) in [5.74, 6) is 0. The Hall–Kier alpha value is -0.590. The minimum atomic E-state index is -4.14. The molecule has 2 rings (SSSR count). The third kappa shape index (κ3) is 2.75. The summed E-state index contributed by atoms with van der Waals surface area (Å²) < 4.78 is 30.6. The molecule has 0 fully saturated rings. The van der Waals surface area contributed by atoms with Crippen molar-refractivity contribution in [2.75, 3.05) is 5.73 Å². The molecule has 0 saturated heterocycles. The molecule has 16 heavy (non-hydrogen) atoms. The molecule has 0 amide bonds. The average Bonchev–Trinajstić information content (AvgIpc) is 2.15. The SMILES string of the molecule is Nc1ccc2cc(S(=O)(=O)O)ccc2c1.[H-].[Na+]. The molecule has 0 aromatic heterocycles. The minimum absolute atomic E-state index is 0. The van der Waals surface area contributed by atoms with Crippen molar-refractivity contribution in [1.82, 2.24) is 0 Å². The van der Waals surface area contributed by atoms with E-state index in [-0.39, 0.29) is 35.9 Å². The first-order chi connectivity index (χ1) is 6.97. The predicted octanol–water partition coefficient (Wildman–Crippen LogP) is -1.21. The van der Waals surface area contributed by atoms with Crippen LogP contribution in [0, 0.1) is 0 Å². The first kappa shape index (κ1) is 13.5. The molecule has 0 unspecified atom stereocenters. The molecule has 0 spiro atoms. The molecule has 0 radical (unpaired) electrons. The van der Waals surface area contributed by atoms with Gasteiger partial charge in [0.05, 0.1) is 4.90 Å². The van der Waals surface area contributed by atoms with Crippen LogP contribution in [0.2, 0.25) is 0 Å². The van der Waals surface area contributed by atoms with E-state index in [4.69, 9.17) is 10.3 Å². The Morgan fingerprint density at radius 2 is 1.62 bits per heavy atom. The number of anilines is 1. The van der Waals surface area contributed by atoms with Gasteiger partial charge in [-0.3, -0.25) is 4.55 Å². The summed E-state index contributed by atoms with van der Waals surface area (Å²) in [6.07, 6.45) is 0. The molecule has 0 saturated carbocycles. The first-order valence-corrected chi connectivity index (χ1v) is 5.67. The van der Waals surface area contributed by atoms with Gasteiger partial charge in [-0.1, -0.05) is 12.1 Å². The standard InChI is InChI=1S/C10H9NO3S.Na.H/c11-9-3-1-8-6-10(15(12,13)14)4-2-7(8)5-9;;/h1-6H,11H2,(H,12,13,14);;/q;+1;-1. The van der Waals surface area contributed by atoms with Gasteiger partial charge in [-0.25, -0.2) is 0 Å². The average molecular weight is 247 g/mol. The van der Waals surface area contributed by atoms with Crippen LogP contribution >= 0.6 is 0 Å². The number of hydrogen-bond acceptors (Lipinski definition) is 3. The molecule has 0 atom stereocenters. The summed E-state index contributed by atoms with van der Waals surface area (Å²) in [5, 5.41) is 1.56. The summed E-state index contributed by atoms with van der Waals surface area (Å²) in [4.78, 5) is -0.111. The van der Waals surface area contributed by atoms with Crippen LogP contribution in [-0.4, -0.2) is 13.0 Å². The van der Waals surface area contributed by atoms with Gasteiger partial charge in [0.15, 0.2) is 0 Å². The second-order valence-electron chi connectivity index (χ2n) is 3.24. The maximum atomic E-state index is 10.9. The van der Waals surface area contributed by atoms with Crippen molar-refractivity contribution in [3.63, 3.8) is 0 Å². The van der Waals surface area contributed by atoms with E-state index in [2.05, 4.69) is 0 Å². The number of fused-ring (bicyclic) bond motifs is 1. The van der Waals surface area contributed by atoms with E-state index in [0.717, 1.165) is 10.8 Å². The van der Waals surface area contributed by atoms with Gasteiger partial charge in [-0.15, -0.1) is 0 Å². The van der Waals surface area contributed by atoms with Crippen LogP contribution in [0.3, 0.4) is 0 Å². The third-order valence-electron chi connectivity index (χ3n) is 2.13. The van der Waals surface area contributed by atoms with E-state index < -0.39 is 10.1 Å². The van der Waals surface area contributed by atoms with Crippen molar-refractivity contribution in [2.45, 2.75) is 4.90 Å². The quantitative estimate of drug-likeness (QED) is 0.376. The Kier molecular flexibility index (Phi) is 3.98. The van der Waals surface area contributed by atoms with Gasteiger partial charge in [0.2, 0.25) is 0 Å². The minimum Gasteiger partial charge on any atom is -1.00 e. The second-order valence-corrected chi connectivity index (χ2v) is 4.66. The fraction of sp³-hybridized carbons (Fsp3) is 0. The van der Waals surface area contributed by atoms with E-state index in [1.807, 2.05) is 0 Å². The van der Waals surface area contributed by atoms with E-state index in [9.17, 15) is 8.42 Å². The second kappa shape index (κ2) is 4.73. The van der Waals surface area contributed by atoms with Crippen molar-refractivity contribution < 1.29 is 44.0 Å². The first-order valence-electron chi connectivity index (χ1n) is 4.23. The fourth-order valence-corrected chi connectivity index (χ4v) is 1.92. The van der Waals surface area contributed by atoms with Crippen LogP contribution in [0.15, 0.2) is 41.3 Å². The Balaban J connectivity index is 0.00000128. The summed E-state index contributed by atoms with van der Waals surface area (Å²) in [6.45, 7) is 0. The number of hydrogen-bond donors (Lipinski definition) is 2. The Bertz CT molecular complexity index is 630. The molecular formula is C10H10NNaO3S. The van der Waals surface area contributed by atoms with Crippen LogP contribution < -0.4 is 35.3 Å². The molecule has 4 nitrogen and oxygen atoms in total. The zero-order valence-electron chi connectivity index (χ0n) is 9.71. The normalized spacial score (nSPS) is 11.1. The molecule has 2 aromatic carbocycles. The van der Waals surface area contributed by atoms with Crippen LogP contribution in [0.1, 0.15) is 1.43 Å². The van der Waals surface area contributed by atoms with Crippen molar-refractivity contribution in [3.05, 3.63) is 36.4 Å². The van der Waals surface area contributed by atoms with Gasteiger partial charge in [-0.05, 0) is 35.0 Å². The van der Waals surface area contributed by atoms with Crippen molar-refractivity contribution in [2.24, 2.45) is 0 Å². The Labute approximate surface area is 117 Å². The fourth-order valence-electron chi connectivity index (χ4n) is 1.40. The number of rotatable bonds is 1. The van der Waals surface area contributed by atoms with Crippen molar-refractivity contribution in [1.29, 1.82) is 0 Å². The molecule has 0 aliphatic heterocycles. The summed E-state index contributed by atoms with van der Waals surface area (Å²) in [6, 6.07) is 9.48. The maximum absolute atomic E-state index is 10.9. The molecule has 0 aliphatic carbocycles. The zero-order chi connectivity index (χ0) is 11.1. The molecule has 6 heteroatoms. The smallest absolute Gasteiger partial charge is 1.00 e. The van der Waals surface area contributed by atoms with Crippen LogP contribution in [0.25, 0.3) is 10.8 Å². The van der Waals surface area contributed by atoms with Gasteiger partial charge in [0.25, 0.3) is 10.1 Å². The zero-order valence-corrected chi connectivity index (χ0v) is 11.5. The van der Waals surface area contributed by atoms with Gasteiger partial charge in [0.1, 0.15) is 0 Å². The van der Waals surface area contributed by atoms with E-state index in [0.29, 0.717) is 5.69 Å². The van der Waals surface area contributed by atoms with Gasteiger partial charge in [0, 0.05) is 5.69 Å². The third-order valence-corrected chi connectivity index (χ3v) is 2.98. The van der Waals surface area contributed by atoms with Gasteiger partial charge in [-0.2, -0.15) is 8.42 Å². The summed E-state index contributed by atoms with van der Waals surface area (Å²) in [7, 11) is -4.14. The molecule has 2 aromatic rings. The van der Waals surface area contributed by atoms with Crippen molar-refractivity contribution in [3.8, 4) is 0 Å². The molecule has 0 bridgehead atoms. The Morgan fingerprint density at radius 1 is 1.06 bits per heavy atom. The molecular weight excluding hydrogens is 237 g/mol. The maximum Gasteiger partial charge on any atom is 1.00 e. The van der Waals surface area contributed by atoms with E-state index in [1.165, 1.54) is 12.1 Å². The number of benzene rings is 2. The summed E-state index contributed by atoms with van der Waals surface area (Å²) in [5.41, 5.74) is 6.19. The van der Waals surface area contributed by atoms with Gasteiger partial charge < -0.3 is 7.16 Å². The van der Waals surface area contributed by atoms with E-state index in [1.54, 1.807) is 24.3 Å². The topological polar surface area (TPSA) is 80.4 Å². The van der Waals surface area contributed by atoms with Crippen molar-refractivity contribution >= 4 is 26.6 Å². The van der Waals surface area contributed by atoms with Gasteiger partial charge >= 0.3 is 29.6 Å². The Morgan fingerprint density at radius 3 is 2.25 bits per heavy atom. The summed E-state index contributed by atoms with van der Waals surface area (Å²) >= 11 is 0. The molecule has 0 aliphatic rings. The van der Waals surface area contributed by atoms with E-state index >= 15 is 0 Å². The van der Waals surface area contributed by atoms with Crippen LogP contribution in [-0.2, 0) is 10.1 Å². The van der Waals surface area contributed by atoms with Crippen LogP contribution in [0.5, 0.6) is 0 Å².